The summed E-state index contributed by atoms with van der Waals surface area (Å²) in [7, 11) is 0. The van der Waals surface area contributed by atoms with Crippen LogP contribution in [0.1, 0.15) is 28.8 Å². The average Bonchev–Trinajstić information content (AvgIpc) is 3.28. The number of para-hydroxylation sites is 1. The highest BCUT2D eigenvalue weighted by molar-refractivity contribution is 7.22. The van der Waals surface area contributed by atoms with Crippen molar-refractivity contribution in [1.82, 2.24) is 4.98 Å². The third kappa shape index (κ3) is 3.22. The zero-order valence-corrected chi connectivity index (χ0v) is 16.2. The Bertz CT molecular complexity index is 1110. The van der Waals surface area contributed by atoms with Crippen LogP contribution in [0.3, 0.4) is 0 Å². The lowest BCUT2D eigenvalue weighted by Gasteiger charge is -2.11. The molecule has 1 aliphatic carbocycles. The van der Waals surface area contributed by atoms with Crippen molar-refractivity contribution >= 4 is 44.1 Å². The molecule has 0 radical (unpaired) electrons. The summed E-state index contributed by atoms with van der Waals surface area (Å²) in [4.78, 5) is 11.1. The molecule has 0 unspecified atom stereocenters. The maximum atomic E-state index is 13.1. The molecule has 4 aromatic rings. The molecular formula is C22H17FN2S2. The smallest absolute Gasteiger partial charge is 0.127 e. The lowest BCUT2D eigenvalue weighted by molar-refractivity contribution is 0.628. The molecule has 0 amide bonds. The third-order valence-corrected chi connectivity index (χ3v) is 7.12. The first kappa shape index (κ1) is 16.8. The number of halogens is 1. The molecule has 0 saturated carbocycles. The molecule has 0 saturated heterocycles. The molecule has 0 fully saturated rings. The van der Waals surface area contributed by atoms with Crippen molar-refractivity contribution in [2.24, 2.45) is 4.99 Å². The van der Waals surface area contributed by atoms with E-state index in [4.69, 9.17) is 9.98 Å². The van der Waals surface area contributed by atoms with Gasteiger partial charge in [-0.25, -0.2) is 14.4 Å². The lowest BCUT2D eigenvalue weighted by atomic mass is 9.96. The Morgan fingerprint density at radius 1 is 0.963 bits per heavy atom. The highest BCUT2D eigenvalue weighted by Gasteiger charge is 2.23. The van der Waals surface area contributed by atoms with E-state index in [1.165, 1.54) is 45.7 Å². The van der Waals surface area contributed by atoms with Gasteiger partial charge in [0.2, 0.25) is 0 Å². The molecule has 27 heavy (non-hydrogen) atoms. The van der Waals surface area contributed by atoms with Crippen molar-refractivity contribution in [2.75, 3.05) is 0 Å². The summed E-state index contributed by atoms with van der Waals surface area (Å²) in [6.45, 7) is 0. The van der Waals surface area contributed by atoms with Gasteiger partial charge in [-0.15, -0.1) is 22.7 Å². The topological polar surface area (TPSA) is 25.2 Å². The molecule has 1 aliphatic rings. The zero-order chi connectivity index (χ0) is 18.2. The van der Waals surface area contributed by atoms with Crippen LogP contribution in [0.25, 0.3) is 20.8 Å². The predicted molar refractivity (Wildman–Crippen MR) is 113 cm³/mol. The van der Waals surface area contributed by atoms with E-state index < -0.39 is 0 Å². The van der Waals surface area contributed by atoms with E-state index in [2.05, 4.69) is 18.2 Å². The summed E-state index contributed by atoms with van der Waals surface area (Å²) < 4.78 is 14.3. The number of benzene rings is 2. The standard InChI is InChI=1S/C22H17FN2S2/c23-15-11-9-14(10-12-15)13-24-21-20(16-5-1-3-7-18(16)26-21)22-25-17-6-2-4-8-19(17)27-22/h2,4,6,8-13H,1,3,5,7H2/b24-13-. The van der Waals surface area contributed by atoms with Crippen LogP contribution in [0.5, 0.6) is 0 Å². The molecular weight excluding hydrogens is 375 g/mol. The van der Waals surface area contributed by atoms with Gasteiger partial charge in [0.1, 0.15) is 15.8 Å². The first-order valence-electron chi connectivity index (χ1n) is 9.08. The SMILES string of the molecule is Fc1ccc(/C=N\c2sc3c(c2-c2nc4ccccc4s2)CCCC3)cc1. The van der Waals surface area contributed by atoms with Crippen LogP contribution in [0, 0.1) is 5.82 Å². The van der Waals surface area contributed by atoms with Crippen LogP contribution in [0.4, 0.5) is 9.39 Å². The van der Waals surface area contributed by atoms with Crippen molar-refractivity contribution in [3.8, 4) is 10.6 Å². The number of hydrogen-bond acceptors (Lipinski definition) is 4. The van der Waals surface area contributed by atoms with Crippen molar-refractivity contribution in [1.29, 1.82) is 0 Å². The Kier molecular flexibility index (Phi) is 4.34. The average molecular weight is 393 g/mol. The Hall–Kier alpha value is -2.37. The maximum absolute atomic E-state index is 13.1. The molecule has 5 heteroatoms. The molecule has 0 spiro atoms. The van der Waals surface area contributed by atoms with Gasteiger partial charge in [-0.2, -0.15) is 0 Å². The molecule has 2 aromatic carbocycles. The van der Waals surface area contributed by atoms with Gasteiger partial charge >= 0.3 is 0 Å². The highest BCUT2D eigenvalue weighted by atomic mass is 32.1. The van der Waals surface area contributed by atoms with Gasteiger partial charge in [-0.1, -0.05) is 24.3 Å². The molecule has 134 valence electrons. The van der Waals surface area contributed by atoms with E-state index >= 15 is 0 Å². The number of aromatic nitrogens is 1. The van der Waals surface area contributed by atoms with Gasteiger partial charge in [-0.05, 0) is 61.1 Å². The van der Waals surface area contributed by atoms with Gasteiger partial charge in [-0.3, -0.25) is 0 Å². The van der Waals surface area contributed by atoms with Gasteiger partial charge in [0.25, 0.3) is 0 Å². The van der Waals surface area contributed by atoms with Crippen LogP contribution in [-0.2, 0) is 12.8 Å². The maximum Gasteiger partial charge on any atom is 0.127 e. The second-order valence-corrected chi connectivity index (χ2v) is 8.80. The van der Waals surface area contributed by atoms with Gasteiger partial charge in [0.15, 0.2) is 0 Å². The van der Waals surface area contributed by atoms with Crippen molar-refractivity contribution in [3.05, 3.63) is 70.4 Å². The minimum absolute atomic E-state index is 0.228. The van der Waals surface area contributed by atoms with E-state index in [1.807, 2.05) is 12.3 Å². The summed E-state index contributed by atoms with van der Waals surface area (Å²) in [6.07, 6.45) is 6.53. The quantitative estimate of drug-likeness (QED) is 0.352. The fraction of sp³-hybridized carbons (Fsp3) is 0.182. The number of nitrogens with zero attached hydrogens (tertiary/aromatic N) is 2. The van der Waals surface area contributed by atoms with Crippen LogP contribution >= 0.6 is 22.7 Å². The Labute approximate surface area is 165 Å². The Morgan fingerprint density at radius 3 is 2.63 bits per heavy atom. The fourth-order valence-electron chi connectivity index (χ4n) is 3.52. The van der Waals surface area contributed by atoms with Crippen LogP contribution in [0.15, 0.2) is 53.5 Å². The molecule has 0 bridgehead atoms. The summed E-state index contributed by atoms with van der Waals surface area (Å²) in [5, 5.41) is 2.08. The molecule has 2 heterocycles. The monoisotopic (exact) mass is 392 g/mol. The Morgan fingerprint density at radius 2 is 1.78 bits per heavy atom. The summed E-state index contributed by atoms with van der Waals surface area (Å²) in [6, 6.07) is 14.7. The highest BCUT2D eigenvalue weighted by Crippen LogP contribution is 2.47. The summed E-state index contributed by atoms with van der Waals surface area (Å²) >= 11 is 3.52. The van der Waals surface area contributed by atoms with Gasteiger partial charge < -0.3 is 0 Å². The first-order valence-corrected chi connectivity index (χ1v) is 10.7. The zero-order valence-electron chi connectivity index (χ0n) is 14.6. The number of fused-ring (bicyclic) bond motifs is 2. The van der Waals surface area contributed by atoms with E-state index in [1.54, 1.807) is 34.8 Å². The van der Waals surface area contributed by atoms with E-state index in [0.717, 1.165) is 33.9 Å². The second-order valence-electron chi connectivity index (χ2n) is 6.69. The number of thiophene rings is 1. The molecule has 5 rings (SSSR count). The molecule has 0 N–H and O–H groups in total. The minimum atomic E-state index is -0.228. The normalized spacial score (nSPS) is 14.1. The second kappa shape index (κ2) is 6.98. The largest absolute Gasteiger partial charge is 0.245 e. The fourth-order valence-corrected chi connectivity index (χ4v) is 5.86. The minimum Gasteiger partial charge on any atom is -0.245 e. The van der Waals surface area contributed by atoms with Crippen molar-refractivity contribution in [2.45, 2.75) is 25.7 Å². The summed E-state index contributed by atoms with van der Waals surface area (Å²) in [5.41, 5.74) is 4.57. The third-order valence-electron chi connectivity index (χ3n) is 4.86. The number of aliphatic imine (C=N–C) groups is 1. The molecule has 2 nitrogen and oxygen atoms in total. The van der Waals surface area contributed by atoms with E-state index in [-0.39, 0.29) is 5.82 Å². The van der Waals surface area contributed by atoms with Gasteiger partial charge in [0, 0.05) is 11.1 Å². The number of rotatable bonds is 3. The molecule has 2 aromatic heterocycles. The lowest BCUT2D eigenvalue weighted by Crippen LogP contribution is -1.99. The van der Waals surface area contributed by atoms with Crippen molar-refractivity contribution < 1.29 is 4.39 Å². The van der Waals surface area contributed by atoms with Gasteiger partial charge in [0.05, 0.1) is 15.8 Å². The first-order chi connectivity index (χ1) is 13.3. The van der Waals surface area contributed by atoms with Crippen LogP contribution < -0.4 is 0 Å². The Balaban J connectivity index is 1.62. The van der Waals surface area contributed by atoms with Crippen LogP contribution in [0.2, 0.25) is 0 Å². The van der Waals surface area contributed by atoms with E-state index in [0.29, 0.717) is 0 Å². The van der Waals surface area contributed by atoms with Crippen molar-refractivity contribution in [3.63, 3.8) is 0 Å². The van der Waals surface area contributed by atoms with E-state index in [9.17, 15) is 4.39 Å². The predicted octanol–water partition coefficient (Wildman–Crippen LogP) is 6.79. The van der Waals surface area contributed by atoms with Crippen LogP contribution in [-0.4, -0.2) is 11.2 Å². The molecule has 0 aliphatic heterocycles. The molecule has 0 atom stereocenters. The number of thiazole rings is 1. The summed E-state index contributed by atoms with van der Waals surface area (Å²) in [5.74, 6) is -0.228. The number of hydrogen-bond donors (Lipinski definition) is 0. The number of aryl methyl sites for hydroxylation is 1.